The van der Waals surface area contributed by atoms with E-state index < -0.39 is 0 Å². The molecule has 0 aliphatic heterocycles. The van der Waals surface area contributed by atoms with Crippen molar-refractivity contribution in [2.24, 2.45) is 0 Å². The average Bonchev–Trinajstić information content (AvgIpc) is 2.77. The van der Waals surface area contributed by atoms with Crippen LogP contribution < -0.4 is 5.32 Å². The summed E-state index contributed by atoms with van der Waals surface area (Å²) in [6, 6.07) is 7.94. The van der Waals surface area contributed by atoms with Gasteiger partial charge in [0, 0.05) is 22.8 Å². The number of halogens is 1. The van der Waals surface area contributed by atoms with Gasteiger partial charge in [-0.2, -0.15) is 5.10 Å². The molecule has 0 spiro atoms. The van der Waals surface area contributed by atoms with E-state index in [1.165, 1.54) is 0 Å². The molecule has 1 aromatic carbocycles. The Morgan fingerprint density at radius 3 is 2.94 bits per heavy atom. The zero-order valence-electron chi connectivity index (χ0n) is 9.31. The summed E-state index contributed by atoms with van der Waals surface area (Å²) in [5.41, 5.74) is 2.13. The summed E-state index contributed by atoms with van der Waals surface area (Å²) in [6.07, 6.45) is 3.87. The van der Waals surface area contributed by atoms with Crippen molar-refractivity contribution in [3.05, 3.63) is 47.2 Å². The third-order valence-electron chi connectivity index (χ3n) is 2.61. The van der Waals surface area contributed by atoms with Crippen molar-refractivity contribution < 1.29 is 0 Å². The highest BCUT2D eigenvalue weighted by Crippen LogP contribution is 2.16. The lowest BCUT2D eigenvalue weighted by molar-refractivity contribution is 0.652. The van der Waals surface area contributed by atoms with Gasteiger partial charge in [-0.3, -0.25) is 0 Å². The molecule has 0 radical (unpaired) electrons. The van der Waals surface area contributed by atoms with Gasteiger partial charge in [0.05, 0.1) is 11.9 Å². The standard InChI is InChI=1S/C12H14ClN3/c1-9(14-2)10-7-15-16(8-10)12-5-3-4-11(13)6-12/h3-9,14H,1-2H3. The third-order valence-corrected chi connectivity index (χ3v) is 2.84. The maximum Gasteiger partial charge on any atom is 0.0660 e. The van der Waals surface area contributed by atoms with Crippen LogP contribution in [0.25, 0.3) is 5.69 Å². The largest absolute Gasteiger partial charge is 0.313 e. The fourth-order valence-electron chi connectivity index (χ4n) is 1.49. The van der Waals surface area contributed by atoms with E-state index in [1.807, 2.05) is 48.4 Å². The molecule has 0 amide bonds. The van der Waals surface area contributed by atoms with Gasteiger partial charge in [-0.1, -0.05) is 17.7 Å². The first-order valence-electron chi connectivity index (χ1n) is 5.18. The van der Waals surface area contributed by atoms with Gasteiger partial charge in [0.1, 0.15) is 0 Å². The normalized spacial score (nSPS) is 12.7. The van der Waals surface area contributed by atoms with Crippen molar-refractivity contribution in [1.29, 1.82) is 0 Å². The predicted molar refractivity (Wildman–Crippen MR) is 66.0 cm³/mol. The minimum atomic E-state index is 0.299. The van der Waals surface area contributed by atoms with Crippen molar-refractivity contribution in [2.45, 2.75) is 13.0 Å². The van der Waals surface area contributed by atoms with Gasteiger partial charge >= 0.3 is 0 Å². The molecular formula is C12H14ClN3. The lowest BCUT2D eigenvalue weighted by Gasteiger charge is -2.06. The first-order chi connectivity index (χ1) is 7.70. The molecule has 0 bridgehead atoms. The van der Waals surface area contributed by atoms with Gasteiger partial charge in [0.25, 0.3) is 0 Å². The molecule has 0 saturated carbocycles. The molecule has 0 aliphatic rings. The Bertz CT molecular complexity index is 479. The molecule has 84 valence electrons. The summed E-state index contributed by atoms with van der Waals surface area (Å²) in [5.74, 6) is 0. The lowest BCUT2D eigenvalue weighted by atomic mass is 10.2. The first kappa shape index (κ1) is 11.2. The summed E-state index contributed by atoms with van der Waals surface area (Å²) in [5, 5.41) is 8.21. The number of hydrogen-bond donors (Lipinski definition) is 1. The van der Waals surface area contributed by atoms with Crippen LogP contribution >= 0.6 is 11.6 Å². The van der Waals surface area contributed by atoms with Crippen molar-refractivity contribution in [2.75, 3.05) is 7.05 Å². The molecule has 4 heteroatoms. The molecule has 0 fully saturated rings. The highest BCUT2D eigenvalue weighted by atomic mass is 35.5. The van der Waals surface area contributed by atoms with E-state index >= 15 is 0 Å². The second-order valence-electron chi connectivity index (χ2n) is 3.71. The number of rotatable bonds is 3. The summed E-state index contributed by atoms with van der Waals surface area (Å²) in [7, 11) is 1.93. The summed E-state index contributed by atoms with van der Waals surface area (Å²) >= 11 is 5.94. The fraction of sp³-hybridized carbons (Fsp3) is 0.250. The van der Waals surface area contributed by atoms with Gasteiger partial charge in [0.15, 0.2) is 0 Å². The zero-order valence-corrected chi connectivity index (χ0v) is 10.1. The van der Waals surface area contributed by atoms with Gasteiger partial charge in [0.2, 0.25) is 0 Å². The quantitative estimate of drug-likeness (QED) is 0.887. The predicted octanol–water partition coefficient (Wildman–Crippen LogP) is 2.81. The number of benzene rings is 1. The van der Waals surface area contributed by atoms with E-state index in [0.29, 0.717) is 6.04 Å². The Kier molecular flexibility index (Phi) is 3.27. The molecular weight excluding hydrogens is 222 g/mol. The van der Waals surface area contributed by atoms with Crippen molar-refractivity contribution in [1.82, 2.24) is 15.1 Å². The summed E-state index contributed by atoms with van der Waals surface area (Å²) in [4.78, 5) is 0. The Hall–Kier alpha value is -1.32. The molecule has 1 N–H and O–H groups in total. The summed E-state index contributed by atoms with van der Waals surface area (Å²) < 4.78 is 1.83. The van der Waals surface area contributed by atoms with Gasteiger partial charge in [-0.15, -0.1) is 0 Å². The van der Waals surface area contributed by atoms with Crippen molar-refractivity contribution in [3.8, 4) is 5.69 Å². The number of hydrogen-bond acceptors (Lipinski definition) is 2. The molecule has 0 aliphatic carbocycles. The van der Waals surface area contributed by atoms with Crippen LogP contribution in [0.1, 0.15) is 18.5 Å². The zero-order chi connectivity index (χ0) is 11.5. The van der Waals surface area contributed by atoms with E-state index in [9.17, 15) is 0 Å². The second-order valence-corrected chi connectivity index (χ2v) is 4.14. The number of aromatic nitrogens is 2. The minimum Gasteiger partial charge on any atom is -0.313 e. The topological polar surface area (TPSA) is 29.9 Å². The van der Waals surface area contributed by atoms with E-state index in [4.69, 9.17) is 11.6 Å². The van der Waals surface area contributed by atoms with Crippen LogP contribution in [-0.2, 0) is 0 Å². The minimum absolute atomic E-state index is 0.299. The second kappa shape index (κ2) is 4.68. The number of nitrogens with zero attached hydrogens (tertiary/aromatic N) is 2. The van der Waals surface area contributed by atoms with Crippen LogP contribution in [0.3, 0.4) is 0 Å². The highest BCUT2D eigenvalue weighted by molar-refractivity contribution is 6.30. The van der Waals surface area contributed by atoms with Crippen LogP contribution in [0.2, 0.25) is 5.02 Å². The van der Waals surface area contributed by atoms with Crippen LogP contribution in [0, 0.1) is 0 Å². The molecule has 1 heterocycles. The Morgan fingerprint density at radius 2 is 2.25 bits per heavy atom. The lowest BCUT2D eigenvalue weighted by Crippen LogP contribution is -2.11. The first-order valence-corrected chi connectivity index (χ1v) is 5.56. The van der Waals surface area contributed by atoms with E-state index in [1.54, 1.807) is 0 Å². The maximum absolute atomic E-state index is 5.94. The van der Waals surface area contributed by atoms with Gasteiger partial charge in [-0.05, 0) is 32.2 Å². The Balaban J connectivity index is 2.31. The average molecular weight is 236 g/mol. The molecule has 1 aromatic heterocycles. The molecule has 2 rings (SSSR count). The van der Waals surface area contributed by atoms with Crippen LogP contribution in [0.15, 0.2) is 36.7 Å². The Labute approximate surface area is 100 Å². The molecule has 1 atom stereocenters. The molecule has 3 nitrogen and oxygen atoms in total. The van der Waals surface area contributed by atoms with E-state index in [2.05, 4.69) is 17.3 Å². The smallest absolute Gasteiger partial charge is 0.0660 e. The van der Waals surface area contributed by atoms with Gasteiger partial charge in [-0.25, -0.2) is 4.68 Å². The molecule has 2 aromatic rings. The van der Waals surface area contributed by atoms with Gasteiger partial charge < -0.3 is 5.32 Å². The van der Waals surface area contributed by atoms with E-state index in [0.717, 1.165) is 16.3 Å². The van der Waals surface area contributed by atoms with Crippen LogP contribution in [0.4, 0.5) is 0 Å². The number of nitrogens with one attached hydrogen (secondary N) is 1. The van der Waals surface area contributed by atoms with Crippen molar-refractivity contribution in [3.63, 3.8) is 0 Å². The molecule has 16 heavy (non-hydrogen) atoms. The maximum atomic E-state index is 5.94. The monoisotopic (exact) mass is 235 g/mol. The third kappa shape index (κ3) is 2.26. The summed E-state index contributed by atoms with van der Waals surface area (Å²) in [6.45, 7) is 2.10. The van der Waals surface area contributed by atoms with Crippen LogP contribution in [-0.4, -0.2) is 16.8 Å². The van der Waals surface area contributed by atoms with Crippen LogP contribution in [0.5, 0.6) is 0 Å². The van der Waals surface area contributed by atoms with Crippen molar-refractivity contribution >= 4 is 11.6 Å². The highest BCUT2D eigenvalue weighted by Gasteiger charge is 2.06. The van der Waals surface area contributed by atoms with E-state index in [-0.39, 0.29) is 0 Å². The SMILES string of the molecule is CNC(C)c1cnn(-c2cccc(Cl)c2)c1. The Morgan fingerprint density at radius 1 is 1.44 bits per heavy atom. The fourth-order valence-corrected chi connectivity index (χ4v) is 1.67. The molecule has 0 saturated heterocycles. The molecule has 1 unspecified atom stereocenters.